The fraction of sp³-hybridized carbons (Fsp3) is 0.158. The van der Waals surface area contributed by atoms with Crippen molar-refractivity contribution < 1.29 is 4.79 Å². The van der Waals surface area contributed by atoms with Gasteiger partial charge in [-0.1, -0.05) is 30.3 Å². The van der Waals surface area contributed by atoms with Gasteiger partial charge in [-0.3, -0.25) is 10.1 Å². The van der Waals surface area contributed by atoms with E-state index >= 15 is 0 Å². The van der Waals surface area contributed by atoms with E-state index in [4.69, 9.17) is 0 Å². The standard InChI is InChI=1S/C19H16N2OS/c22-18(14-5-2-1-3-6-14)21-19-20-17(12-23-19)16-10-9-13-7-4-8-15(13)11-16/h1-3,5-6,9-12H,4,7-8H2,(H,20,21,22). The van der Waals surface area contributed by atoms with E-state index in [-0.39, 0.29) is 5.91 Å². The minimum Gasteiger partial charge on any atom is -0.298 e. The number of aromatic nitrogens is 1. The molecule has 0 saturated heterocycles. The molecule has 3 nitrogen and oxygen atoms in total. The van der Waals surface area contributed by atoms with Crippen molar-refractivity contribution in [3.63, 3.8) is 0 Å². The van der Waals surface area contributed by atoms with Gasteiger partial charge in [-0.05, 0) is 48.6 Å². The molecule has 4 rings (SSSR count). The highest BCUT2D eigenvalue weighted by Crippen LogP contribution is 2.30. The molecule has 0 aliphatic heterocycles. The summed E-state index contributed by atoms with van der Waals surface area (Å²) in [6.07, 6.45) is 3.59. The van der Waals surface area contributed by atoms with Crippen LogP contribution in [-0.4, -0.2) is 10.9 Å². The number of amides is 1. The lowest BCUT2D eigenvalue weighted by molar-refractivity contribution is 0.102. The highest BCUT2D eigenvalue weighted by molar-refractivity contribution is 7.14. The second-order valence-electron chi connectivity index (χ2n) is 5.70. The minimum absolute atomic E-state index is 0.125. The number of nitrogens with zero attached hydrogens (tertiary/aromatic N) is 1. The number of carbonyl (C=O) groups excluding carboxylic acids is 1. The van der Waals surface area contributed by atoms with Crippen LogP contribution in [-0.2, 0) is 12.8 Å². The van der Waals surface area contributed by atoms with Crippen molar-refractivity contribution in [3.8, 4) is 11.3 Å². The molecule has 1 aromatic heterocycles. The van der Waals surface area contributed by atoms with E-state index < -0.39 is 0 Å². The van der Waals surface area contributed by atoms with Crippen molar-refractivity contribution in [2.45, 2.75) is 19.3 Å². The first kappa shape index (κ1) is 14.2. The Labute approximate surface area is 139 Å². The van der Waals surface area contributed by atoms with Gasteiger partial charge in [0.25, 0.3) is 5.91 Å². The summed E-state index contributed by atoms with van der Waals surface area (Å²) in [4.78, 5) is 16.7. The number of benzene rings is 2. The van der Waals surface area contributed by atoms with Gasteiger partial charge >= 0.3 is 0 Å². The molecule has 0 bridgehead atoms. The van der Waals surface area contributed by atoms with E-state index in [9.17, 15) is 4.79 Å². The van der Waals surface area contributed by atoms with Gasteiger partial charge in [0.2, 0.25) is 0 Å². The Morgan fingerprint density at radius 1 is 1.04 bits per heavy atom. The molecule has 23 heavy (non-hydrogen) atoms. The first-order chi connectivity index (χ1) is 11.3. The lowest BCUT2D eigenvalue weighted by Crippen LogP contribution is -2.11. The molecule has 0 radical (unpaired) electrons. The summed E-state index contributed by atoms with van der Waals surface area (Å²) >= 11 is 1.46. The topological polar surface area (TPSA) is 42.0 Å². The summed E-state index contributed by atoms with van der Waals surface area (Å²) in [7, 11) is 0. The highest BCUT2D eigenvalue weighted by atomic mass is 32.1. The molecule has 1 amide bonds. The zero-order valence-electron chi connectivity index (χ0n) is 12.6. The quantitative estimate of drug-likeness (QED) is 0.769. The molecule has 0 unspecified atom stereocenters. The Balaban J connectivity index is 1.54. The largest absolute Gasteiger partial charge is 0.298 e. The maximum Gasteiger partial charge on any atom is 0.257 e. The van der Waals surface area contributed by atoms with Crippen molar-refractivity contribution >= 4 is 22.4 Å². The molecule has 1 aliphatic rings. The SMILES string of the molecule is O=C(Nc1nc(-c2ccc3c(c2)CCC3)cs1)c1ccccc1. The maximum absolute atomic E-state index is 12.2. The number of rotatable bonds is 3. The fourth-order valence-corrected chi connectivity index (χ4v) is 3.67. The van der Waals surface area contributed by atoms with Crippen LogP contribution in [0.4, 0.5) is 5.13 Å². The third kappa shape index (κ3) is 2.90. The van der Waals surface area contributed by atoms with Crippen LogP contribution >= 0.6 is 11.3 Å². The van der Waals surface area contributed by atoms with Crippen molar-refractivity contribution in [1.29, 1.82) is 0 Å². The van der Waals surface area contributed by atoms with E-state index in [1.807, 2.05) is 23.6 Å². The highest BCUT2D eigenvalue weighted by Gasteiger charge is 2.13. The number of fused-ring (bicyclic) bond motifs is 1. The summed E-state index contributed by atoms with van der Waals surface area (Å²) in [5.41, 5.74) is 5.59. The average molecular weight is 320 g/mol. The van der Waals surface area contributed by atoms with Gasteiger partial charge < -0.3 is 0 Å². The van der Waals surface area contributed by atoms with Gasteiger partial charge in [0.05, 0.1) is 5.69 Å². The smallest absolute Gasteiger partial charge is 0.257 e. The fourth-order valence-electron chi connectivity index (χ4n) is 2.95. The maximum atomic E-state index is 12.2. The first-order valence-corrected chi connectivity index (χ1v) is 8.62. The molecule has 0 fully saturated rings. The van der Waals surface area contributed by atoms with Crippen LogP contribution in [0.2, 0.25) is 0 Å². The Morgan fingerprint density at radius 2 is 1.87 bits per heavy atom. The van der Waals surface area contributed by atoms with E-state index in [1.54, 1.807) is 12.1 Å². The second-order valence-corrected chi connectivity index (χ2v) is 6.55. The number of hydrogen-bond donors (Lipinski definition) is 1. The number of thiazole rings is 1. The number of hydrogen-bond acceptors (Lipinski definition) is 3. The van der Waals surface area contributed by atoms with Gasteiger partial charge in [0, 0.05) is 16.5 Å². The number of nitrogens with one attached hydrogen (secondary N) is 1. The third-order valence-electron chi connectivity index (χ3n) is 4.15. The number of anilines is 1. The lowest BCUT2D eigenvalue weighted by Gasteiger charge is -2.03. The summed E-state index contributed by atoms with van der Waals surface area (Å²) in [5, 5.41) is 5.50. The zero-order chi connectivity index (χ0) is 15.6. The molecule has 0 spiro atoms. The van der Waals surface area contributed by atoms with Crippen LogP contribution in [0.3, 0.4) is 0 Å². The van der Waals surface area contributed by atoms with Crippen LogP contribution in [0.15, 0.2) is 53.9 Å². The molecule has 1 heterocycles. The van der Waals surface area contributed by atoms with Crippen LogP contribution in [0, 0.1) is 0 Å². The molecule has 2 aromatic carbocycles. The molecule has 114 valence electrons. The monoisotopic (exact) mass is 320 g/mol. The van der Waals surface area contributed by atoms with Crippen molar-refractivity contribution in [1.82, 2.24) is 4.98 Å². The Morgan fingerprint density at radius 3 is 2.74 bits per heavy atom. The van der Waals surface area contributed by atoms with E-state index in [2.05, 4.69) is 28.5 Å². The predicted octanol–water partition coefficient (Wildman–Crippen LogP) is 4.55. The summed E-state index contributed by atoms with van der Waals surface area (Å²) in [6.45, 7) is 0. The molecule has 1 N–H and O–H groups in total. The Bertz CT molecular complexity index is 855. The van der Waals surface area contributed by atoms with E-state index in [1.165, 1.54) is 35.3 Å². The van der Waals surface area contributed by atoms with Gasteiger partial charge in [-0.15, -0.1) is 11.3 Å². The van der Waals surface area contributed by atoms with Crippen molar-refractivity contribution in [2.24, 2.45) is 0 Å². The number of aryl methyl sites for hydroxylation is 2. The van der Waals surface area contributed by atoms with Gasteiger partial charge in [-0.25, -0.2) is 4.98 Å². The van der Waals surface area contributed by atoms with E-state index in [0.29, 0.717) is 10.7 Å². The molecular formula is C19H16N2OS. The van der Waals surface area contributed by atoms with Crippen LogP contribution in [0.1, 0.15) is 27.9 Å². The van der Waals surface area contributed by atoms with Crippen LogP contribution < -0.4 is 5.32 Å². The molecule has 1 aliphatic carbocycles. The number of carbonyl (C=O) groups is 1. The second kappa shape index (κ2) is 5.97. The van der Waals surface area contributed by atoms with E-state index in [0.717, 1.165) is 17.7 Å². The van der Waals surface area contributed by atoms with Gasteiger partial charge in [0.1, 0.15) is 0 Å². The van der Waals surface area contributed by atoms with Crippen LogP contribution in [0.25, 0.3) is 11.3 Å². The molecule has 0 saturated carbocycles. The predicted molar refractivity (Wildman–Crippen MR) is 94.0 cm³/mol. The Kier molecular flexibility index (Phi) is 3.67. The Hall–Kier alpha value is -2.46. The van der Waals surface area contributed by atoms with Crippen molar-refractivity contribution in [3.05, 3.63) is 70.6 Å². The van der Waals surface area contributed by atoms with Crippen molar-refractivity contribution in [2.75, 3.05) is 5.32 Å². The third-order valence-corrected chi connectivity index (χ3v) is 4.91. The zero-order valence-corrected chi connectivity index (χ0v) is 13.4. The molecular weight excluding hydrogens is 304 g/mol. The summed E-state index contributed by atoms with van der Waals surface area (Å²) in [6, 6.07) is 15.8. The van der Waals surface area contributed by atoms with Gasteiger partial charge in [-0.2, -0.15) is 0 Å². The summed E-state index contributed by atoms with van der Waals surface area (Å²) in [5.74, 6) is -0.125. The van der Waals surface area contributed by atoms with Crippen LogP contribution in [0.5, 0.6) is 0 Å². The lowest BCUT2D eigenvalue weighted by atomic mass is 10.1. The molecule has 3 aromatic rings. The van der Waals surface area contributed by atoms with Gasteiger partial charge in [0.15, 0.2) is 5.13 Å². The minimum atomic E-state index is -0.125. The summed E-state index contributed by atoms with van der Waals surface area (Å²) < 4.78 is 0. The average Bonchev–Trinajstić information content (AvgIpc) is 3.23. The first-order valence-electron chi connectivity index (χ1n) is 7.74. The molecule has 0 atom stereocenters. The molecule has 4 heteroatoms. The normalized spacial score (nSPS) is 12.9.